The van der Waals surface area contributed by atoms with Gasteiger partial charge in [0.2, 0.25) is 0 Å². The maximum Gasteiger partial charge on any atom is 0.174 e. The molecule has 0 spiro atoms. The highest BCUT2D eigenvalue weighted by molar-refractivity contribution is 7.11. The Labute approximate surface area is 173 Å². The second kappa shape index (κ2) is 7.64. The smallest absolute Gasteiger partial charge is 0.174 e. The van der Waals surface area contributed by atoms with Crippen LogP contribution in [0.2, 0.25) is 0 Å². The number of aryl methyl sites for hydroxylation is 2. The molecule has 0 fully saturated rings. The quantitative estimate of drug-likeness (QED) is 0.450. The van der Waals surface area contributed by atoms with Crippen molar-refractivity contribution in [2.75, 3.05) is 0 Å². The Morgan fingerprint density at radius 2 is 1.97 bits per heavy atom. The number of phenolic OH excluding ortho intramolecular Hbond substituents is 2. The molecule has 0 saturated heterocycles. The van der Waals surface area contributed by atoms with E-state index in [0.717, 1.165) is 11.5 Å². The number of fused-ring (bicyclic) bond motifs is 1. The van der Waals surface area contributed by atoms with Crippen LogP contribution in [0.1, 0.15) is 11.3 Å². The predicted octanol–water partition coefficient (Wildman–Crippen LogP) is 4.85. The summed E-state index contributed by atoms with van der Waals surface area (Å²) in [6, 6.07) is 6.45. The third kappa shape index (κ3) is 3.33. The minimum atomic E-state index is -0.392. The van der Waals surface area contributed by atoms with Crippen molar-refractivity contribution in [1.29, 1.82) is 5.26 Å². The van der Waals surface area contributed by atoms with E-state index in [0.29, 0.717) is 33.0 Å². The average Bonchev–Trinajstić information content (AvgIpc) is 3.33. The first-order chi connectivity index (χ1) is 14.5. The van der Waals surface area contributed by atoms with E-state index in [1.165, 1.54) is 16.8 Å². The number of aromatic hydroxyl groups is 2. The lowest BCUT2D eigenvalue weighted by atomic mass is 10.1. The Morgan fingerprint density at radius 1 is 1.13 bits per heavy atom. The number of rotatable bonds is 4. The highest BCUT2D eigenvalue weighted by atomic mass is 32.1. The number of nitrogens with zero attached hydrogens (tertiary/aromatic N) is 9. The van der Waals surface area contributed by atoms with Crippen LogP contribution in [-0.2, 0) is 7.05 Å². The summed E-state index contributed by atoms with van der Waals surface area (Å²) in [6.45, 7) is 1.72. The lowest BCUT2D eigenvalue weighted by Crippen LogP contribution is -1.87. The summed E-state index contributed by atoms with van der Waals surface area (Å²) < 4.78 is 5.72. The fourth-order valence-electron chi connectivity index (χ4n) is 2.63. The summed E-state index contributed by atoms with van der Waals surface area (Å²) in [6.07, 6.45) is 3.11. The average molecular weight is 419 g/mol. The van der Waals surface area contributed by atoms with Gasteiger partial charge in [0.25, 0.3) is 0 Å². The van der Waals surface area contributed by atoms with Crippen molar-refractivity contribution in [1.82, 2.24) is 19.1 Å². The third-order valence-electron chi connectivity index (χ3n) is 4.21. The molecule has 0 saturated carbocycles. The highest BCUT2D eigenvalue weighted by Gasteiger charge is 2.15. The van der Waals surface area contributed by atoms with E-state index in [9.17, 15) is 15.5 Å². The first-order valence-corrected chi connectivity index (χ1v) is 9.28. The summed E-state index contributed by atoms with van der Waals surface area (Å²) in [4.78, 5) is 4.15. The molecule has 2 N–H and O–H groups in total. The monoisotopic (exact) mass is 419 g/mol. The first-order valence-electron chi connectivity index (χ1n) is 8.51. The van der Waals surface area contributed by atoms with Gasteiger partial charge in [0.15, 0.2) is 22.3 Å². The van der Waals surface area contributed by atoms with Crippen LogP contribution in [0.15, 0.2) is 51.0 Å². The van der Waals surface area contributed by atoms with Crippen molar-refractivity contribution in [3.63, 3.8) is 0 Å². The fraction of sp³-hybridized carbons (Fsp3) is 0.111. The Balaban J connectivity index is 1.73. The molecular weight excluding hydrogens is 406 g/mol. The molecule has 3 heterocycles. The van der Waals surface area contributed by atoms with Crippen molar-refractivity contribution < 1.29 is 10.2 Å². The van der Waals surface area contributed by atoms with Crippen molar-refractivity contribution in [2.24, 2.45) is 27.5 Å². The van der Waals surface area contributed by atoms with Gasteiger partial charge in [-0.3, -0.25) is 4.98 Å². The van der Waals surface area contributed by atoms with Crippen LogP contribution < -0.4 is 0 Å². The Morgan fingerprint density at radius 3 is 2.70 bits per heavy atom. The molecule has 4 rings (SSSR count). The SMILES string of the molecule is Cc1ncc2nsc(/N=N/c3ccc(O)c(/N=N/c4ccnn4C)c3O)c2c1C#N. The van der Waals surface area contributed by atoms with Crippen molar-refractivity contribution in [3.8, 4) is 17.6 Å². The van der Waals surface area contributed by atoms with E-state index in [4.69, 9.17) is 0 Å². The van der Waals surface area contributed by atoms with E-state index in [1.807, 2.05) is 0 Å². The summed E-state index contributed by atoms with van der Waals surface area (Å²) in [5.74, 6) is -0.226. The second-order valence-corrected chi connectivity index (χ2v) is 6.84. The number of nitriles is 1. The van der Waals surface area contributed by atoms with Gasteiger partial charge in [-0.1, -0.05) is 0 Å². The number of phenols is 2. The minimum Gasteiger partial charge on any atom is -0.505 e. The Bertz CT molecular complexity index is 1360. The molecule has 4 aromatic rings. The lowest BCUT2D eigenvalue weighted by molar-refractivity contribution is 0.453. The standard InChI is InChI=1S/C18H13N9O2S/c1-9-10(7-19)15-12(8-20-9)26-30-18(15)25-22-11-3-4-13(28)16(17(11)29)24-23-14-5-6-21-27(14)2/h3-6,8,28-29H,1-2H3/b24-23+,25-22+. The van der Waals surface area contributed by atoms with Crippen LogP contribution in [0.4, 0.5) is 22.2 Å². The number of hydrogen-bond donors (Lipinski definition) is 2. The van der Waals surface area contributed by atoms with Crippen LogP contribution in [0.3, 0.4) is 0 Å². The van der Waals surface area contributed by atoms with Crippen LogP contribution in [0.25, 0.3) is 10.9 Å². The molecule has 11 nitrogen and oxygen atoms in total. The summed E-state index contributed by atoms with van der Waals surface area (Å²) >= 11 is 1.06. The van der Waals surface area contributed by atoms with E-state index >= 15 is 0 Å². The number of aromatic nitrogens is 4. The van der Waals surface area contributed by atoms with Crippen molar-refractivity contribution >= 4 is 44.6 Å². The Hall–Kier alpha value is -4.24. The highest BCUT2D eigenvalue weighted by Crippen LogP contribution is 2.44. The molecule has 0 amide bonds. The zero-order valence-corrected chi connectivity index (χ0v) is 16.5. The molecule has 0 bridgehead atoms. The lowest BCUT2D eigenvalue weighted by Gasteiger charge is -2.03. The molecule has 1 aromatic carbocycles. The summed E-state index contributed by atoms with van der Waals surface area (Å²) in [7, 11) is 1.69. The largest absolute Gasteiger partial charge is 0.505 e. The summed E-state index contributed by atoms with van der Waals surface area (Å²) in [5.41, 5.74) is 1.39. The van der Waals surface area contributed by atoms with Gasteiger partial charge in [-0.15, -0.1) is 20.5 Å². The van der Waals surface area contributed by atoms with E-state index in [1.54, 1.807) is 32.4 Å². The second-order valence-electron chi connectivity index (χ2n) is 6.09. The van der Waals surface area contributed by atoms with Crippen molar-refractivity contribution in [2.45, 2.75) is 6.92 Å². The van der Waals surface area contributed by atoms with Gasteiger partial charge in [0.05, 0.1) is 29.0 Å². The van der Waals surface area contributed by atoms with E-state index in [2.05, 4.69) is 41.0 Å². The van der Waals surface area contributed by atoms with Crippen LogP contribution in [0.5, 0.6) is 11.5 Å². The molecule has 0 atom stereocenters. The van der Waals surface area contributed by atoms with Gasteiger partial charge in [-0.25, -0.2) is 4.68 Å². The van der Waals surface area contributed by atoms with Gasteiger partial charge < -0.3 is 10.2 Å². The van der Waals surface area contributed by atoms with E-state index < -0.39 is 5.75 Å². The van der Waals surface area contributed by atoms with Crippen LogP contribution in [0, 0.1) is 18.3 Å². The number of pyridine rings is 1. The molecule has 0 aliphatic carbocycles. The van der Waals surface area contributed by atoms with Crippen molar-refractivity contribution in [3.05, 3.63) is 41.9 Å². The van der Waals surface area contributed by atoms with Crippen LogP contribution >= 0.6 is 11.5 Å². The molecular formula is C18H13N9O2S. The third-order valence-corrected chi connectivity index (χ3v) is 4.96. The molecule has 0 radical (unpaired) electrons. The van der Waals surface area contributed by atoms with Gasteiger partial charge >= 0.3 is 0 Å². The van der Waals surface area contributed by atoms with Gasteiger partial charge in [-0.05, 0) is 30.6 Å². The molecule has 30 heavy (non-hydrogen) atoms. The topological polar surface area (TPSA) is 157 Å². The van der Waals surface area contributed by atoms with Gasteiger partial charge in [-0.2, -0.15) is 14.7 Å². The Kier molecular flexibility index (Phi) is 4.87. The minimum absolute atomic E-state index is 0.0672. The molecule has 12 heteroatoms. The van der Waals surface area contributed by atoms with Gasteiger partial charge in [0, 0.05) is 13.1 Å². The molecule has 0 aliphatic rings. The molecule has 148 valence electrons. The molecule has 3 aromatic heterocycles. The maximum absolute atomic E-state index is 10.5. The van der Waals surface area contributed by atoms with Crippen LogP contribution in [-0.4, -0.2) is 29.4 Å². The normalized spacial score (nSPS) is 11.6. The van der Waals surface area contributed by atoms with Gasteiger partial charge in [0.1, 0.15) is 23.0 Å². The molecule has 0 aliphatic heterocycles. The fourth-order valence-corrected chi connectivity index (χ4v) is 3.33. The summed E-state index contributed by atoms with van der Waals surface area (Å²) in [5, 5.41) is 50.9. The number of benzene rings is 1. The number of hydrogen-bond acceptors (Lipinski definition) is 11. The first kappa shape index (κ1) is 19.1. The van der Waals surface area contributed by atoms with E-state index in [-0.39, 0.29) is 17.1 Å². The predicted molar refractivity (Wildman–Crippen MR) is 108 cm³/mol. The molecule has 0 unspecified atom stereocenters. The number of azo groups is 2. The maximum atomic E-state index is 10.5. The zero-order valence-electron chi connectivity index (χ0n) is 15.7. The zero-order chi connectivity index (χ0) is 21.3.